The molecule has 16 heavy (non-hydrogen) atoms. The van der Waals surface area contributed by atoms with Crippen molar-refractivity contribution in [3.8, 4) is 5.75 Å². The molecule has 1 aromatic carbocycles. The van der Waals surface area contributed by atoms with E-state index in [0.29, 0.717) is 12.5 Å². The average Bonchev–Trinajstić information content (AvgIpc) is 2.16. The first kappa shape index (κ1) is 13.5. The summed E-state index contributed by atoms with van der Waals surface area (Å²) < 4.78 is 7.32. The van der Waals surface area contributed by atoms with Gasteiger partial charge in [0, 0.05) is 0 Å². The summed E-state index contributed by atoms with van der Waals surface area (Å²) in [6.45, 7) is 4.84. The molecular formula is C11H13Br2NO2. The van der Waals surface area contributed by atoms with Crippen LogP contribution in [0.15, 0.2) is 26.2 Å². The van der Waals surface area contributed by atoms with Gasteiger partial charge in [0.25, 0.3) is 0 Å². The molecule has 0 aliphatic rings. The third-order valence-electron chi connectivity index (χ3n) is 1.79. The number of halogens is 2. The van der Waals surface area contributed by atoms with Crippen LogP contribution >= 0.6 is 31.9 Å². The van der Waals surface area contributed by atoms with Gasteiger partial charge in [0.15, 0.2) is 0 Å². The Morgan fingerprint density at radius 2 is 1.94 bits per heavy atom. The molecule has 0 radical (unpaired) electrons. The van der Waals surface area contributed by atoms with E-state index in [9.17, 15) is 0 Å². The Bertz CT molecular complexity index is 369. The molecule has 0 aromatic heterocycles. The number of ether oxygens (including phenoxy) is 1. The van der Waals surface area contributed by atoms with Crippen LogP contribution in [0.4, 0.5) is 0 Å². The molecule has 3 nitrogen and oxygen atoms in total. The predicted octanol–water partition coefficient (Wildman–Crippen LogP) is 4.05. The van der Waals surface area contributed by atoms with Gasteiger partial charge in [-0.25, -0.2) is 0 Å². The van der Waals surface area contributed by atoms with Crippen molar-refractivity contribution in [2.75, 3.05) is 6.61 Å². The van der Waals surface area contributed by atoms with Crippen molar-refractivity contribution in [2.24, 2.45) is 11.1 Å². The molecule has 1 N–H and O–H groups in total. The topological polar surface area (TPSA) is 41.8 Å². The number of benzene rings is 1. The highest BCUT2D eigenvalue weighted by atomic mass is 79.9. The van der Waals surface area contributed by atoms with Crippen LogP contribution < -0.4 is 4.74 Å². The molecule has 0 atom stereocenters. The summed E-state index contributed by atoms with van der Waals surface area (Å²) >= 11 is 6.84. The highest BCUT2D eigenvalue weighted by Crippen LogP contribution is 2.34. The number of oxime groups is 1. The van der Waals surface area contributed by atoms with Gasteiger partial charge >= 0.3 is 0 Å². The van der Waals surface area contributed by atoms with Crippen molar-refractivity contribution >= 4 is 38.1 Å². The second-order valence-electron chi connectivity index (χ2n) is 3.76. The monoisotopic (exact) mass is 349 g/mol. The summed E-state index contributed by atoms with van der Waals surface area (Å²) in [5.74, 6) is 1.24. The molecule has 0 aliphatic carbocycles. The summed E-state index contributed by atoms with van der Waals surface area (Å²) in [7, 11) is 0. The van der Waals surface area contributed by atoms with Crippen LogP contribution in [0.2, 0.25) is 0 Å². The van der Waals surface area contributed by atoms with Crippen LogP contribution in [0.3, 0.4) is 0 Å². The normalized spacial score (nSPS) is 11.3. The molecular weight excluding hydrogens is 338 g/mol. The van der Waals surface area contributed by atoms with Crippen LogP contribution in [-0.4, -0.2) is 18.0 Å². The molecule has 0 saturated carbocycles. The third-order valence-corrected chi connectivity index (χ3v) is 2.97. The lowest BCUT2D eigenvalue weighted by molar-refractivity contribution is 0.268. The van der Waals surface area contributed by atoms with Crippen molar-refractivity contribution in [3.05, 3.63) is 26.6 Å². The zero-order valence-corrected chi connectivity index (χ0v) is 12.2. The quantitative estimate of drug-likeness (QED) is 0.505. The minimum Gasteiger partial charge on any atom is -0.491 e. The molecule has 88 valence electrons. The second-order valence-corrected chi connectivity index (χ2v) is 5.47. The smallest absolute Gasteiger partial charge is 0.147 e. The zero-order chi connectivity index (χ0) is 12.1. The SMILES string of the molecule is CC(C)COc1c(Br)cc(/C=N\O)cc1Br. The molecule has 0 amide bonds. The van der Waals surface area contributed by atoms with Crippen LogP contribution in [0.25, 0.3) is 0 Å². The summed E-state index contributed by atoms with van der Waals surface area (Å²) in [5, 5.41) is 11.4. The van der Waals surface area contributed by atoms with Crippen LogP contribution in [0, 0.1) is 5.92 Å². The summed E-state index contributed by atoms with van der Waals surface area (Å²) in [4.78, 5) is 0. The summed E-state index contributed by atoms with van der Waals surface area (Å²) in [5.41, 5.74) is 0.790. The van der Waals surface area contributed by atoms with E-state index in [1.165, 1.54) is 6.21 Å². The van der Waals surface area contributed by atoms with Crippen molar-refractivity contribution in [1.82, 2.24) is 0 Å². The van der Waals surface area contributed by atoms with Gasteiger partial charge in [0.05, 0.1) is 21.8 Å². The van der Waals surface area contributed by atoms with Gasteiger partial charge in [0.2, 0.25) is 0 Å². The lowest BCUT2D eigenvalue weighted by Gasteiger charge is -2.12. The zero-order valence-electron chi connectivity index (χ0n) is 9.08. The summed E-state index contributed by atoms with van der Waals surface area (Å²) in [6, 6.07) is 3.67. The van der Waals surface area contributed by atoms with Crippen molar-refractivity contribution in [1.29, 1.82) is 0 Å². The van der Waals surface area contributed by atoms with Gasteiger partial charge in [0.1, 0.15) is 5.75 Å². The van der Waals surface area contributed by atoms with Gasteiger partial charge in [-0.15, -0.1) is 0 Å². The Balaban J connectivity index is 2.93. The lowest BCUT2D eigenvalue weighted by atomic mass is 10.2. The van der Waals surface area contributed by atoms with Crippen molar-refractivity contribution in [2.45, 2.75) is 13.8 Å². The number of hydrogen-bond acceptors (Lipinski definition) is 3. The minimum atomic E-state index is 0.470. The standard InChI is InChI=1S/C11H13Br2NO2/c1-7(2)6-16-11-9(12)3-8(5-14-15)4-10(11)13/h3-5,7,15H,6H2,1-2H3/b14-5-. The maximum Gasteiger partial charge on any atom is 0.147 e. The van der Waals surface area contributed by atoms with Gasteiger partial charge in [-0.2, -0.15) is 0 Å². The van der Waals surface area contributed by atoms with E-state index in [4.69, 9.17) is 9.94 Å². The van der Waals surface area contributed by atoms with E-state index in [1.807, 2.05) is 12.1 Å². The molecule has 0 saturated heterocycles. The fourth-order valence-corrected chi connectivity index (χ4v) is 2.56. The fourth-order valence-electron chi connectivity index (χ4n) is 1.11. The van der Waals surface area contributed by atoms with Crippen molar-refractivity contribution < 1.29 is 9.94 Å². The van der Waals surface area contributed by atoms with E-state index in [0.717, 1.165) is 20.3 Å². The molecule has 0 fully saturated rings. The maximum absolute atomic E-state index is 8.45. The van der Waals surface area contributed by atoms with Gasteiger partial charge < -0.3 is 9.94 Å². The molecule has 0 spiro atoms. The lowest BCUT2D eigenvalue weighted by Crippen LogP contribution is -2.05. The third kappa shape index (κ3) is 3.79. The second kappa shape index (κ2) is 6.25. The Morgan fingerprint density at radius 3 is 2.38 bits per heavy atom. The summed E-state index contributed by atoms with van der Waals surface area (Å²) in [6.07, 6.45) is 1.36. The molecule has 0 aliphatic heterocycles. The van der Waals surface area contributed by atoms with E-state index >= 15 is 0 Å². The Hall–Kier alpha value is -0.550. The first-order chi connectivity index (χ1) is 7.54. The Morgan fingerprint density at radius 1 is 1.38 bits per heavy atom. The highest BCUT2D eigenvalue weighted by Gasteiger charge is 2.09. The molecule has 1 rings (SSSR count). The largest absolute Gasteiger partial charge is 0.491 e. The highest BCUT2D eigenvalue weighted by molar-refractivity contribution is 9.11. The van der Waals surface area contributed by atoms with Gasteiger partial charge in [-0.3, -0.25) is 0 Å². The Kier molecular flexibility index (Phi) is 5.28. The van der Waals surface area contributed by atoms with Gasteiger partial charge in [-0.05, 0) is 55.5 Å². The van der Waals surface area contributed by atoms with E-state index < -0.39 is 0 Å². The average molecular weight is 351 g/mol. The van der Waals surface area contributed by atoms with Crippen LogP contribution in [0.1, 0.15) is 19.4 Å². The number of rotatable bonds is 4. The molecule has 0 heterocycles. The first-order valence-corrected chi connectivity index (χ1v) is 6.42. The molecule has 5 heteroatoms. The van der Waals surface area contributed by atoms with Crippen LogP contribution in [0.5, 0.6) is 5.75 Å². The van der Waals surface area contributed by atoms with E-state index in [1.54, 1.807) is 0 Å². The van der Waals surface area contributed by atoms with Gasteiger partial charge in [-0.1, -0.05) is 19.0 Å². The van der Waals surface area contributed by atoms with Crippen LogP contribution in [-0.2, 0) is 0 Å². The molecule has 1 aromatic rings. The van der Waals surface area contributed by atoms with E-state index in [-0.39, 0.29) is 0 Å². The Labute approximate surface area is 112 Å². The van der Waals surface area contributed by atoms with Crippen molar-refractivity contribution in [3.63, 3.8) is 0 Å². The maximum atomic E-state index is 8.45. The molecule has 0 unspecified atom stereocenters. The predicted molar refractivity (Wildman–Crippen MR) is 71.6 cm³/mol. The van der Waals surface area contributed by atoms with E-state index in [2.05, 4.69) is 50.9 Å². The first-order valence-electron chi connectivity index (χ1n) is 4.84. The number of hydrogen-bond donors (Lipinski definition) is 1. The minimum absolute atomic E-state index is 0.470. The molecule has 0 bridgehead atoms. The number of nitrogens with zero attached hydrogens (tertiary/aromatic N) is 1. The fraction of sp³-hybridized carbons (Fsp3) is 0.364.